The maximum absolute atomic E-state index is 13.7. The number of nitrogens with zero attached hydrogens (tertiary/aromatic N) is 1. The number of sulfonamides is 1. The summed E-state index contributed by atoms with van der Waals surface area (Å²) in [5, 5.41) is 16.5. The maximum Gasteiger partial charge on any atom is 0.309 e. The summed E-state index contributed by atoms with van der Waals surface area (Å²) < 4.78 is 62.2. The van der Waals surface area contributed by atoms with Crippen molar-refractivity contribution in [3.05, 3.63) is 77.2 Å². The van der Waals surface area contributed by atoms with E-state index in [0.29, 0.717) is 12.3 Å². The monoisotopic (exact) mass is 524 g/mol. The minimum absolute atomic E-state index is 0.0274. The third-order valence-corrected chi connectivity index (χ3v) is 5.53. The molecule has 2 atom stereocenters. The van der Waals surface area contributed by atoms with Crippen LogP contribution in [-0.2, 0) is 23.0 Å². The largest absolute Gasteiger partial charge is 0.497 e. The standard InChI is InChI=1S/C23H26F2N4O6S/c1-34-18-5-3-4-14(8-18)11-26-12-21(30)19(9-15-6-16(24)10-17(25)7-15)27-22(31)20-13-35-23(28-20)29-36(2,32)33/h3-8,10,13,19,21,26,30H,9,11-12H2,1-2H3,(H,27,31)(H,28,29). The fraction of sp³-hybridized carbons (Fsp3) is 0.304. The Morgan fingerprint density at radius 1 is 1.17 bits per heavy atom. The quantitative estimate of drug-likeness (QED) is 0.281. The van der Waals surface area contributed by atoms with E-state index in [1.807, 2.05) is 22.9 Å². The SMILES string of the molecule is COc1cccc(CNCC(O)C(Cc2cc(F)cc(F)c2)NC(=O)c2coc(NS(C)(=O)=O)n2)c1. The van der Waals surface area contributed by atoms with E-state index in [2.05, 4.69) is 15.6 Å². The first-order valence-corrected chi connectivity index (χ1v) is 12.6. The number of aliphatic hydroxyl groups is 1. The van der Waals surface area contributed by atoms with Crippen molar-refractivity contribution in [3.63, 3.8) is 0 Å². The molecule has 3 rings (SSSR count). The molecular weight excluding hydrogens is 498 g/mol. The van der Waals surface area contributed by atoms with Gasteiger partial charge in [-0.25, -0.2) is 21.9 Å². The van der Waals surface area contributed by atoms with Gasteiger partial charge >= 0.3 is 6.01 Å². The first kappa shape index (κ1) is 27.0. The zero-order chi connectivity index (χ0) is 26.3. The lowest BCUT2D eigenvalue weighted by atomic mass is 10.0. The van der Waals surface area contributed by atoms with Gasteiger partial charge in [0.1, 0.15) is 23.6 Å². The fourth-order valence-electron chi connectivity index (χ4n) is 3.38. The Balaban J connectivity index is 1.71. The predicted octanol–water partition coefficient (Wildman–Crippen LogP) is 1.82. The molecule has 10 nitrogen and oxygen atoms in total. The molecule has 0 saturated heterocycles. The summed E-state index contributed by atoms with van der Waals surface area (Å²) in [4.78, 5) is 16.5. The molecular formula is C23H26F2N4O6S. The number of nitrogens with one attached hydrogen (secondary N) is 3. The number of carbonyl (C=O) groups excluding carboxylic acids is 1. The Hall–Kier alpha value is -3.55. The van der Waals surface area contributed by atoms with E-state index in [0.717, 1.165) is 36.3 Å². The third-order valence-electron chi connectivity index (χ3n) is 4.99. The van der Waals surface area contributed by atoms with Crippen molar-refractivity contribution in [3.8, 4) is 5.75 Å². The van der Waals surface area contributed by atoms with Gasteiger partial charge in [0.15, 0.2) is 5.69 Å². The highest BCUT2D eigenvalue weighted by atomic mass is 32.2. The van der Waals surface area contributed by atoms with E-state index >= 15 is 0 Å². The van der Waals surface area contributed by atoms with Crippen LogP contribution in [0.5, 0.6) is 5.75 Å². The highest BCUT2D eigenvalue weighted by Crippen LogP contribution is 2.15. The molecule has 0 aliphatic carbocycles. The molecule has 0 saturated carbocycles. The van der Waals surface area contributed by atoms with Crippen molar-refractivity contribution in [1.82, 2.24) is 15.6 Å². The van der Waals surface area contributed by atoms with Crippen molar-refractivity contribution >= 4 is 21.9 Å². The van der Waals surface area contributed by atoms with Crippen molar-refractivity contribution in [2.24, 2.45) is 0 Å². The van der Waals surface area contributed by atoms with E-state index in [4.69, 9.17) is 9.15 Å². The normalized spacial score (nSPS) is 13.1. The van der Waals surface area contributed by atoms with Gasteiger partial charge in [0.2, 0.25) is 10.0 Å². The van der Waals surface area contributed by atoms with Gasteiger partial charge < -0.3 is 24.9 Å². The molecule has 0 aliphatic heterocycles. The van der Waals surface area contributed by atoms with Gasteiger partial charge in [-0.3, -0.25) is 4.79 Å². The molecule has 0 fully saturated rings. The number of aliphatic hydroxyl groups excluding tert-OH is 1. The van der Waals surface area contributed by atoms with Crippen LogP contribution in [0.4, 0.5) is 14.8 Å². The third kappa shape index (κ3) is 8.29. The van der Waals surface area contributed by atoms with Gasteiger partial charge in [-0.2, -0.15) is 4.98 Å². The number of methoxy groups -OCH3 is 1. The summed E-state index contributed by atoms with van der Waals surface area (Å²) in [7, 11) is -2.13. The second kappa shape index (κ2) is 11.9. The van der Waals surface area contributed by atoms with Gasteiger partial charge in [-0.1, -0.05) is 12.1 Å². The number of anilines is 1. The Kier molecular flexibility index (Phi) is 8.96. The summed E-state index contributed by atoms with van der Waals surface area (Å²) in [5.41, 5.74) is 0.847. The van der Waals surface area contributed by atoms with E-state index in [-0.39, 0.29) is 24.2 Å². The van der Waals surface area contributed by atoms with Gasteiger partial charge in [0.05, 0.1) is 25.5 Å². The summed E-state index contributed by atoms with van der Waals surface area (Å²) >= 11 is 0. The average Bonchev–Trinajstić information content (AvgIpc) is 3.25. The zero-order valence-electron chi connectivity index (χ0n) is 19.5. The van der Waals surface area contributed by atoms with Crippen molar-refractivity contribution < 1.29 is 36.3 Å². The Morgan fingerprint density at radius 3 is 2.56 bits per heavy atom. The number of halogens is 2. The van der Waals surface area contributed by atoms with Crippen LogP contribution in [0.25, 0.3) is 0 Å². The van der Waals surface area contributed by atoms with Crippen molar-refractivity contribution in [1.29, 1.82) is 0 Å². The number of hydrogen-bond acceptors (Lipinski definition) is 8. The lowest BCUT2D eigenvalue weighted by molar-refractivity contribution is 0.0825. The van der Waals surface area contributed by atoms with Crippen LogP contribution in [0.1, 0.15) is 21.6 Å². The Labute approximate surface area is 206 Å². The van der Waals surface area contributed by atoms with E-state index in [1.54, 1.807) is 13.2 Å². The number of rotatable bonds is 12. The van der Waals surface area contributed by atoms with Crippen LogP contribution in [0.3, 0.4) is 0 Å². The number of ether oxygens (including phenoxy) is 1. The van der Waals surface area contributed by atoms with E-state index in [9.17, 15) is 27.1 Å². The average molecular weight is 525 g/mol. The first-order chi connectivity index (χ1) is 17.0. The van der Waals surface area contributed by atoms with E-state index < -0.39 is 45.7 Å². The van der Waals surface area contributed by atoms with Crippen LogP contribution >= 0.6 is 0 Å². The molecule has 36 heavy (non-hydrogen) atoms. The van der Waals surface area contributed by atoms with Crippen LogP contribution in [0, 0.1) is 11.6 Å². The number of amides is 1. The molecule has 13 heteroatoms. The predicted molar refractivity (Wildman–Crippen MR) is 127 cm³/mol. The molecule has 194 valence electrons. The molecule has 1 aromatic heterocycles. The Morgan fingerprint density at radius 2 is 1.89 bits per heavy atom. The summed E-state index contributed by atoms with van der Waals surface area (Å²) in [6.07, 6.45) is 0.551. The first-order valence-electron chi connectivity index (χ1n) is 10.7. The second-order valence-corrected chi connectivity index (χ2v) is 9.77. The molecule has 0 radical (unpaired) electrons. The minimum atomic E-state index is -3.68. The molecule has 0 spiro atoms. The summed E-state index contributed by atoms with van der Waals surface area (Å²) in [6, 6.07) is 8.82. The molecule has 3 aromatic rings. The molecule has 1 amide bonds. The molecule has 0 bridgehead atoms. The number of hydrogen-bond donors (Lipinski definition) is 4. The number of carbonyl (C=O) groups is 1. The van der Waals surface area contributed by atoms with Crippen LogP contribution in [-0.4, -0.2) is 56.5 Å². The molecule has 4 N–H and O–H groups in total. The van der Waals surface area contributed by atoms with Gasteiger partial charge in [-0.05, 0) is 41.8 Å². The number of aromatic nitrogens is 1. The fourth-order valence-corrected chi connectivity index (χ4v) is 3.79. The topological polar surface area (TPSA) is 143 Å². The van der Waals surface area contributed by atoms with Crippen molar-refractivity contribution in [2.45, 2.75) is 25.1 Å². The molecule has 0 aliphatic rings. The smallest absolute Gasteiger partial charge is 0.309 e. The van der Waals surface area contributed by atoms with Crippen molar-refractivity contribution in [2.75, 3.05) is 24.6 Å². The van der Waals surface area contributed by atoms with Crippen LogP contribution in [0.15, 0.2) is 53.1 Å². The summed E-state index contributed by atoms with van der Waals surface area (Å²) in [6.45, 7) is 0.410. The highest BCUT2D eigenvalue weighted by molar-refractivity contribution is 7.91. The maximum atomic E-state index is 13.7. The molecule has 2 aromatic carbocycles. The molecule has 1 heterocycles. The van der Waals surface area contributed by atoms with Crippen LogP contribution in [0.2, 0.25) is 0 Å². The lowest BCUT2D eigenvalue weighted by Gasteiger charge is -2.24. The highest BCUT2D eigenvalue weighted by Gasteiger charge is 2.25. The number of benzene rings is 2. The zero-order valence-corrected chi connectivity index (χ0v) is 20.3. The van der Waals surface area contributed by atoms with Crippen LogP contribution < -0.4 is 20.1 Å². The van der Waals surface area contributed by atoms with Gasteiger partial charge in [-0.15, -0.1) is 0 Å². The van der Waals surface area contributed by atoms with Gasteiger partial charge in [0.25, 0.3) is 5.91 Å². The minimum Gasteiger partial charge on any atom is -0.497 e. The Bertz CT molecular complexity index is 1280. The second-order valence-electron chi connectivity index (χ2n) is 8.02. The van der Waals surface area contributed by atoms with Gasteiger partial charge in [0, 0.05) is 19.2 Å². The number of oxazole rings is 1. The molecule has 2 unspecified atom stereocenters. The lowest BCUT2D eigenvalue weighted by Crippen LogP contribution is -2.48. The summed E-state index contributed by atoms with van der Waals surface area (Å²) in [5.74, 6) is -1.71. The van der Waals surface area contributed by atoms with E-state index in [1.165, 1.54) is 0 Å².